The maximum atomic E-state index is 13.3. The van der Waals surface area contributed by atoms with Crippen LogP contribution >= 0.6 is 38.5 Å². The minimum Gasteiger partial charge on any atom is -0.488 e. The minimum atomic E-state index is -0.361. The maximum Gasteiger partial charge on any atom is 0.282 e. The molecule has 0 aliphatic heterocycles. The van der Waals surface area contributed by atoms with Gasteiger partial charge >= 0.3 is 0 Å². The molecule has 5 nitrogen and oxygen atoms in total. The lowest BCUT2D eigenvalue weighted by molar-refractivity contribution is 0.304. The highest BCUT2D eigenvalue weighted by atomic mass is 127. The number of aromatic nitrogens is 2. The number of halogens is 2. The number of aryl methyl sites for hydroxylation is 1. The molecule has 0 atom stereocenters. The molecular weight excluding hydrogens is 605 g/mol. The normalized spacial score (nSPS) is 11.9. The van der Waals surface area contributed by atoms with E-state index >= 15 is 0 Å². The van der Waals surface area contributed by atoms with Crippen LogP contribution in [0.2, 0.25) is 0 Å². The van der Waals surface area contributed by atoms with Gasteiger partial charge in [0, 0.05) is 9.89 Å². The van der Waals surface area contributed by atoms with E-state index in [9.17, 15) is 4.79 Å². The van der Waals surface area contributed by atoms with Crippen molar-refractivity contribution in [3.8, 4) is 5.75 Å². The Labute approximate surface area is 221 Å². The number of fused-ring (bicyclic) bond motifs is 1. The SMILES string of the molecule is Cc1cccc(COc2ccc(C=Nn3c(C(C)(C)C)nc4ccc(Br)cc4c3=O)cc2I)c1. The van der Waals surface area contributed by atoms with Crippen LogP contribution in [0.25, 0.3) is 10.9 Å². The summed E-state index contributed by atoms with van der Waals surface area (Å²) in [6.07, 6.45) is 1.69. The van der Waals surface area contributed by atoms with Crippen LogP contribution in [-0.4, -0.2) is 15.9 Å². The Morgan fingerprint density at radius 2 is 1.91 bits per heavy atom. The largest absolute Gasteiger partial charge is 0.488 e. The zero-order chi connectivity index (χ0) is 24.5. The van der Waals surface area contributed by atoms with Gasteiger partial charge in [0.25, 0.3) is 5.56 Å². The number of ether oxygens (including phenoxy) is 1. The Hall–Kier alpha value is -2.52. The van der Waals surface area contributed by atoms with Crippen molar-refractivity contribution in [2.24, 2.45) is 5.10 Å². The molecule has 34 heavy (non-hydrogen) atoms. The molecule has 0 aliphatic rings. The Kier molecular flexibility index (Phi) is 7.23. The second-order valence-electron chi connectivity index (χ2n) is 9.18. The highest BCUT2D eigenvalue weighted by Crippen LogP contribution is 2.24. The Morgan fingerprint density at radius 3 is 2.62 bits per heavy atom. The summed E-state index contributed by atoms with van der Waals surface area (Å²) in [5.74, 6) is 1.42. The van der Waals surface area contributed by atoms with Crippen LogP contribution in [0.15, 0.2) is 75.0 Å². The molecule has 0 spiro atoms. The first kappa shape index (κ1) is 24.6. The van der Waals surface area contributed by atoms with Gasteiger partial charge in [-0.2, -0.15) is 9.78 Å². The highest BCUT2D eigenvalue weighted by Gasteiger charge is 2.22. The standard InChI is InChI=1S/C27H25BrIN3O2/c1-17-6-5-7-19(12-17)16-34-24-11-8-18(13-22(24)29)15-30-32-25(33)21-14-20(28)9-10-23(21)31-26(32)27(2,3)4/h5-15H,16H2,1-4H3. The Bertz CT molecular complexity index is 1450. The van der Waals surface area contributed by atoms with Crippen LogP contribution in [0.5, 0.6) is 5.75 Å². The van der Waals surface area contributed by atoms with E-state index < -0.39 is 0 Å². The van der Waals surface area contributed by atoms with Crippen molar-refractivity contribution in [1.82, 2.24) is 9.66 Å². The van der Waals surface area contributed by atoms with E-state index in [1.54, 1.807) is 12.3 Å². The molecular formula is C27H25BrIN3O2. The molecule has 0 unspecified atom stereocenters. The van der Waals surface area contributed by atoms with Crippen LogP contribution < -0.4 is 10.3 Å². The monoisotopic (exact) mass is 629 g/mol. The topological polar surface area (TPSA) is 56.5 Å². The highest BCUT2D eigenvalue weighted by molar-refractivity contribution is 14.1. The summed E-state index contributed by atoms with van der Waals surface area (Å²) in [6, 6.07) is 19.7. The van der Waals surface area contributed by atoms with Crippen molar-refractivity contribution < 1.29 is 4.74 Å². The van der Waals surface area contributed by atoms with Gasteiger partial charge < -0.3 is 4.74 Å². The van der Waals surface area contributed by atoms with E-state index in [-0.39, 0.29) is 11.0 Å². The lowest BCUT2D eigenvalue weighted by Crippen LogP contribution is -2.29. The smallest absolute Gasteiger partial charge is 0.282 e. The van der Waals surface area contributed by atoms with Gasteiger partial charge in [-0.15, -0.1) is 0 Å². The van der Waals surface area contributed by atoms with Crippen molar-refractivity contribution in [3.05, 3.63) is 102 Å². The fourth-order valence-corrected chi connectivity index (χ4v) is 4.60. The number of hydrogen-bond donors (Lipinski definition) is 0. The average Bonchev–Trinajstić information content (AvgIpc) is 2.77. The summed E-state index contributed by atoms with van der Waals surface area (Å²) in [5.41, 5.74) is 3.32. The predicted octanol–water partition coefficient (Wildman–Crippen LogP) is 6.83. The molecule has 4 aromatic rings. The molecule has 3 aromatic carbocycles. The van der Waals surface area contributed by atoms with Gasteiger partial charge in [0.2, 0.25) is 0 Å². The third-order valence-corrected chi connectivity index (χ3v) is 6.57. The molecule has 1 heterocycles. The van der Waals surface area contributed by atoms with Gasteiger partial charge in [0.15, 0.2) is 0 Å². The Balaban J connectivity index is 1.64. The van der Waals surface area contributed by atoms with Crippen LogP contribution in [-0.2, 0) is 12.0 Å². The number of nitrogens with zero attached hydrogens (tertiary/aromatic N) is 3. The molecule has 0 bridgehead atoms. The minimum absolute atomic E-state index is 0.194. The van der Waals surface area contributed by atoms with Crippen LogP contribution in [0.1, 0.15) is 43.3 Å². The summed E-state index contributed by atoms with van der Waals surface area (Å²) in [6.45, 7) is 8.65. The fourth-order valence-electron chi connectivity index (χ4n) is 3.54. The van der Waals surface area contributed by atoms with Crippen LogP contribution in [0.3, 0.4) is 0 Å². The summed E-state index contributed by atoms with van der Waals surface area (Å²) >= 11 is 5.70. The van der Waals surface area contributed by atoms with Gasteiger partial charge in [-0.25, -0.2) is 4.98 Å². The van der Waals surface area contributed by atoms with Crippen molar-refractivity contribution in [3.63, 3.8) is 0 Å². The Morgan fingerprint density at radius 1 is 1.12 bits per heavy atom. The number of benzene rings is 3. The van der Waals surface area contributed by atoms with Crippen molar-refractivity contribution in [1.29, 1.82) is 0 Å². The van der Waals surface area contributed by atoms with Crippen LogP contribution in [0.4, 0.5) is 0 Å². The van der Waals surface area contributed by atoms with Crippen molar-refractivity contribution >= 4 is 55.6 Å². The van der Waals surface area contributed by atoms with Gasteiger partial charge in [-0.1, -0.05) is 66.5 Å². The van der Waals surface area contributed by atoms with E-state index in [2.05, 4.69) is 68.7 Å². The zero-order valence-corrected chi connectivity index (χ0v) is 23.2. The first-order chi connectivity index (χ1) is 16.1. The maximum absolute atomic E-state index is 13.3. The molecule has 0 N–H and O–H groups in total. The number of rotatable bonds is 5. The zero-order valence-electron chi connectivity index (χ0n) is 19.5. The van der Waals surface area contributed by atoms with E-state index in [4.69, 9.17) is 9.72 Å². The van der Waals surface area contributed by atoms with Gasteiger partial charge in [-0.05, 0) is 77.0 Å². The summed E-state index contributed by atoms with van der Waals surface area (Å²) in [4.78, 5) is 18.1. The van der Waals surface area contributed by atoms with Crippen molar-refractivity contribution in [2.75, 3.05) is 0 Å². The van der Waals surface area contributed by atoms with Crippen LogP contribution in [0, 0.1) is 10.5 Å². The average molecular weight is 630 g/mol. The van der Waals surface area contributed by atoms with E-state index in [1.165, 1.54) is 10.2 Å². The molecule has 7 heteroatoms. The number of hydrogen-bond acceptors (Lipinski definition) is 4. The van der Waals surface area contributed by atoms with E-state index in [0.29, 0.717) is 23.3 Å². The van der Waals surface area contributed by atoms with Crippen molar-refractivity contribution in [2.45, 2.75) is 39.7 Å². The molecule has 0 saturated carbocycles. The van der Waals surface area contributed by atoms with E-state index in [1.807, 2.05) is 57.2 Å². The summed E-state index contributed by atoms with van der Waals surface area (Å²) in [7, 11) is 0. The summed E-state index contributed by atoms with van der Waals surface area (Å²) in [5, 5.41) is 5.08. The quantitative estimate of drug-likeness (QED) is 0.180. The lowest BCUT2D eigenvalue weighted by atomic mass is 9.95. The molecule has 0 aliphatic carbocycles. The molecule has 0 fully saturated rings. The molecule has 1 aromatic heterocycles. The first-order valence-corrected chi connectivity index (χ1v) is 12.7. The van der Waals surface area contributed by atoms with Gasteiger partial charge in [-0.3, -0.25) is 4.79 Å². The lowest BCUT2D eigenvalue weighted by Gasteiger charge is -2.20. The van der Waals surface area contributed by atoms with E-state index in [0.717, 1.165) is 24.9 Å². The molecule has 4 rings (SSSR count). The second-order valence-corrected chi connectivity index (χ2v) is 11.3. The molecule has 0 saturated heterocycles. The van der Waals surface area contributed by atoms with Gasteiger partial charge in [0.1, 0.15) is 18.2 Å². The summed E-state index contributed by atoms with van der Waals surface area (Å²) < 4.78 is 9.22. The fraction of sp³-hybridized carbons (Fsp3) is 0.222. The molecule has 0 amide bonds. The van der Waals surface area contributed by atoms with Gasteiger partial charge in [0.05, 0.1) is 20.7 Å². The molecule has 174 valence electrons. The second kappa shape index (κ2) is 10.00. The third kappa shape index (κ3) is 5.58. The first-order valence-electron chi connectivity index (χ1n) is 10.9. The molecule has 0 radical (unpaired) electrons. The predicted molar refractivity (Wildman–Crippen MR) is 150 cm³/mol. The third-order valence-electron chi connectivity index (χ3n) is 5.23.